The highest BCUT2D eigenvalue weighted by molar-refractivity contribution is 6.32. The largest absolute Gasteiger partial charge is 0.486 e. The summed E-state index contributed by atoms with van der Waals surface area (Å²) in [7, 11) is 0. The summed E-state index contributed by atoms with van der Waals surface area (Å²) >= 11 is 5.91. The number of rotatable bonds is 6. The van der Waals surface area contributed by atoms with E-state index in [2.05, 4.69) is 26.1 Å². The molecule has 0 heterocycles. The van der Waals surface area contributed by atoms with Gasteiger partial charge in [-0.3, -0.25) is 10.1 Å². The molecule has 1 aromatic rings. The fraction of sp³-hybridized carbons (Fsp3) is 0.538. The van der Waals surface area contributed by atoms with E-state index in [1.54, 1.807) is 6.07 Å². The van der Waals surface area contributed by atoms with E-state index in [1.807, 2.05) is 0 Å². The van der Waals surface area contributed by atoms with Crippen LogP contribution in [0.15, 0.2) is 18.2 Å². The number of nitro groups is 1. The summed E-state index contributed by atoms with van der Waals surface area (Å²) in [4.78, 5) is 10.4. The maximum atomic E-state index is 10.8. The van der Waals surface area contributed by atoms with Crippen LogP contribution < -0.4 is 10.1 Å². The molecule has 0 aliphatic heterocycles. The van der Waals surface area contributed by atoms with Crippen LogP contribution in [0.5, 0.6) is 5.75 Å². The average Bonchev–Trinajstić information content (AvgIpc) is 2.28. The van der Waals surface area contributed by atoms with E-state index < -0.39 is 4.92 Å². The Labute approximate surface area is 118 Å². The maximum absolute atomic E-state index is 10.8. The molecule has 0 saturated heterocycles. The lowest BCUT2D eigenvalue weighted by Gasteiger charge is -2.20. The van der Waals surface area contributed by atoms with Crippen molar-refractivity contribution in [3.05, 3.63) is 33.3 Å². The highest BCUT2D eigenvalue weighted by Gasteiger charge is 2.18. The van der Waals surface area contributed by atoms with Crippen molar-refractivity contribution in [2.45, 2.75) is 32.7 Å². The average molecular weight is 287 g/mol. The van der Waals surface area contributed by atoms with E-state index in [4.69, 9.17) is 16.3 Å². The standard InChI is InChI=1S/C13H19ClN2O3/c1-13(2,3)15-8-5-9-19-12-10(14)6-4-7-11(12)16(17)18/h4,6-7,15H,5,8-9H2,1-3H3. The van der Waals surface area contributed by atoms with Crippen LogP contribution in [0.1, 0.15) is 27.2 Å². The van der Waals surface area contributed by atoms with Crippen molar-refractivity contribution in [3.8, 4) is 5.75 Å². The number of ether oxygens (including phenoxy) is 1. The first-order valence-corrected chi connectivity index (χ1v) is 6.50. The van der Waals surface area contributed by atoms with Gasteiger partial charge in [-0.15, -0.1) is 0 Å². The second-order valence-corrected chi connectivity index (χ2v) is 5.63. The molecule has 6 heteroatoms. The predicted molar refractivity (Wildman–Crippen MR) is 76.0 cm³/mol. The quantitative estimate of drug-likeness (QED) is 0.494. The zero-order chi connectivity index (χ0) is 14.5. The normalized spacial score (nSPS) is 11.4. The van der Waals surface area contributed by atoms with Crippen molar-refractivity contribution in [1.29, 1.82) is 0 Å². The van der Waals surface area contributed by atoms with E-state index >= 15 is 0 Å². The third-order valence-corrected chi connectivity index (χ3v) is 2.66. The highest BCUT2D eigenvalue weighted by atomic mass is 35.5. The Morgan fingerprint density at radius 1 is 1.42 bits per heavy atom. The van der Waals surface area contributed by atoms with Crippen molar-refractivity contribution in [1.82, 2.24) is 5.32 Å². The van der Waals surface area contributed by atoms with Gasteiger partial charge in [0.1, 0.15) is 0 Å². The van der Waals surface area contributed by atoms with Gasteiger partial charge in [0.25, 0.3) is 0 Å². The molecule has 0 aliphatic carbocycles. The Hall–Kier alpha value is -1.33. The van der Waals surface area contributed by atoms with Gasteiger partial charge in [-0.05, 0) is 39.8 Å². The number of halogens is 1. The molecule has 19 heavy (non-hydrogen) atoms. The van der Waals surface area contributed by atoms with Crippen molar-refractivity contribution < 1.29 is 9.66 Å². The van der Waals surface area contributed by atoms with Crippen molar-refractivity contribution in [3.63, 3.8) is 0 Å². The molecule has 1 aromatic carbocycles. The number of nitrogens with zero attached hydrogens (tertiary/aromatic N) is 1. The summed E-state index contributed by atoms with van der Waals surface area (Å²) in [5.74, 6) is 0.143. The molecule has 0 atom stereocenters. The van der Waals surface area contributed by atoms with Crippen LogP contribution in [-0.4, -0.2) is 23.6 Å². The smallest absolute Gasteiger partial charge is 0.312 e. The van der Waals surface area contributed by atoms with Crippen LogP contribution in [-0.2, 0) is 0 Å². The molecule has 0 bridgehead atoms. The number of nitrogens with one attached hydrogen (secondary N) is 1. The molecule has 106 valence electrons. The van der Waals surface area contributed by atoms with E-state index in [-0.39, 0.29) is 22.0 Å². The van der Waals surface area contributed by atoms with Gasteiger partial charge in [-0.1, -0.05) is 17.7 Å². The maximum Gasteiger partial charge on any atom is 0.312 e. The van der Waals surface area contributed by atoms with Gasteiger partial charge in [-0.2, -0.15) is 0 Å². The first kappa shape index (κ1) is 15.7. The minimum Gasteiger partial charge on any atom is -0.486 e. The van der Waals surface area contributed by atoms with Gasteiger partial charge >= 0.3 is 5.69 Å². The van der Waals surface area contributed by atoms with Crippen LogP contribution in [0.3, 0.4) is 0 Å². The minimum absolute atomic E-state index is 0.0520. The second-order valence-electron chi connectivity index (χ2n) is 5.22. The summed E-state index contributed by atoms with van der Waals surface area (Å²) < 4.78 is 5.43. The van der Waals surface area contributed by atoms with Crippen LogP contribution in [0, 0.1) is 10.1 Å². The number of hydrogen-bond acceptors (Lipinski definition) is 4. The summed E-state index contributed by atoms with van der Waals surface area (Å²) in [5, 5.41) is 14.4. The summed E-state index contributed by atoms with van der Waals surface area (Å²) in [6.07, 6.45) is 0.750. The molecule has 1 rings (SSSR count). The van der Waals surface area contributed by atoms with Crippen molar-refractivity contribution in [2.24, 2.45) is 0 Å². The summed E-state index contributed by atoms with van der Waals surface area (Å²) in [5.41, 5.74) is -0.0487. The van der Waals surface area contributed by atoms with Crippen LogP contribution in [0.25, 0.3) is 0 Å². The van der Waals surface area contributed by atoms with E-state index in [1.165, 1.54) is 12.1 Å². The number of para-hydroxylation sites is 1. The molecule has 0 spiro atoms. The van der Waals surface area contributed by atoms with Crippen LogP contribution >= 0.6 is 11.6 Å². The predicted octanol–water partition coefficient (Wildman–Crippen LogP) is 3.41. The van der Waals surface area contributed by atoms with Crippen LogP contribution in [0.2, 0.25) is 5.02 Å². The third-order valence-electron chi connectivity index (χ3n) is 2.37. The Bertz CT molecular complexity index is 444. The molecule has 0 aromatic heterocycles. The van der Waals surface area contributed by atoms with Gasteiger partial charge in [0.15, 0.2) is 0 Å². The fourth-order valence-electron chi connectivity index (χ4n) is 1.49. The topological polar surface area (TPSA) is 64.4 Å². The van der Waals surface area contributed by atoms with Crippen molar-refractivity contribution in [2.75, 3.05) is 13.2 Å². The molecular formula is C13H19ClN2O3. The summed E-state index contributed by atoms with van der Waals surface area (Å²) in [6, 6.07) is 4.50. The molecule has 0 saturated carbocycles. The number of benzene rings is 1. The molecule has 1 N–H and O–H groups in total. The monoisotopic (exact) mass is 286 g/mol. The Balaban J connectivity index is 2.52. The molecular weight excluding hydrogens is 268 g/mol. The Kier molecular flexibility index (Phi) is 5.57. The summed E-state index contributed by atoms with van der Waals surface area (Å²) in [6.45, 7) is 7.39. The minimum atomic E-state index is -0.491. The zero-order valence-electron chi connectivity index (χ0n) is 11.4. The molecule has 0 fully saturated rings. The molecule has 5 nitrogen and oxygen atoms in total. The van der Waals surface area contributed by atoms with Crippen molar-refractivity contribution >= 4 is 17.3 Å². The molecule has 0 amide bonds. The third kappa shape index (κ3) is 5.44. The van der Waals surface area contributed by atoms with E-state index in [0.29, 0.717) is 6.61 Å². The molecule has 0 unspecified atom stereocenters. The Morgan fingerprint density at radius 2 is 2.11 bits per heavy atom. The van der Waals surface area contributed by atoms with Gasteiger partial charge in [0.2, 0.25) is 5.75 Å². The first-order valence-electron chi connectivity index (χ1n) is 6.12. The van der Waals surface area contributed by atoms with Crippen LogP contribution in [0.4, 0.5) is 5.69 Å². The van der Waals surface area contributed by atoms with Gasteiger partial charge in [0, 0.05) is 11.6 Å². The lowest BCUT2D eigenvalue weighted by atomic mass is 10.1. The number of nitro benzene ring substituents is 1. The van der Waals surface area contributed by atoms with E-state index in [0.717, 1.165) is 13.0 Å². The zero-order valence-corrected chi connectivity index (χ0v) is 12.2. The second kappa shape index (κ2) is 6.73. The lowest BCUT2D eigenvalue weighted by Crippen LogP contribution is -2.36. The SMILES string of the molecule is CC(C)(C)NCCCOc1c(Cl)cccc1[N+](=O)[O-]. The highest BCUT2D eigenvalue weighted by Crippen LogP contribution is 2.34. The fourth-order valence-corrected chi connectivity index (χ4v) is 1.72. The molecule has 0 aliphatic rings. The van der Waals surface area contributed by atoms with Gasteiger partial charge in [0.05, 0.1) is 16.6 Å². The molecule has 0 radical (unpaired) electrons. The first-order chi connectivity index (χ1) is 8.81. The van der Waals surface area contributed by atoms with E-state index in [9.17, 15) is 10.1 Å². The Morgan fingerprint density at radius 3 is 2.68 bits per heavy atom. The van der Waals surface area contributed by atoms with Gasteiger partial charge in [-0.25, -0.2) is 0 Å². The number of hydrogen-bond donors (Lipinski definition) is 1. The van der Waals surface area contributed by atoms with Gasteiger partial charge < -0.3 is 10.1 Å². The lowest BCUT2D eigenvalue weighted by molar-refractivity contribution is -0.385.